The van der Waals surface area contributed by atoms with Crippen LogP contribution in [0.2, 0.25) is 0 Å². The van der Waals surface area contributed by atoms with Crippen molar-refractivity contribution < 1.29 is 22.3 Å². The number of nitrogens with zero attached hydrogens (tertiary/aromatic N) is 1. The monoisotopic (exact) mass is 201 g/mol. The predicted octanol–water partition coefficient (Wildman–Crippen LogP) is 1.22. The van der Waals surface area contributed by atoms with E-state index in [-0.39, 0.29) is 26.3 Å². The summed E-state index contributed by atoms with van der Waals surface area (Å²) >= 11 is 0. The molecule has 0 saturated carbocycles. The van der Waals surface area contributed by atoms with Gasteiger partial charge in [-0.3, -0.25) is 4.90 Å². The van der Waals surface area contributed by atoms with Gasteiger partial charge < -0.3 is 4.74 Å². The van der Waals surface area contributed by atoms with Crippen molar-refractivity contribution in [1.29, 1.82) is 0 Å². The van der Waals surface area contributed by atoms with E-state index in [9.17, 15) is 17.6 Å². The Kier molecular flexibility index (Phi) is 3.49. The van der Waals surface area contributed by atoms with Crippen molar-refractivity contribution in [1.82, 2.24) is 4.90 Å². The van der Waals surface area contributed by atoms with Crippen LogP contribution in [0.15, 0.2) is 0 Å². The van der Waals surface area contributed by atoms with Gasteiger partial charge in [-0.2, -0.15) is 13.2 Å². The fourth-order valence-corrected chi connectivity index (χ4v) is 1.28. The molecular weight excluding hydrogens is 190 g/mol. The largest absolute Gasteiger partial charge is 0.406 e. The molecule has 1 saturated heterocycles. The summed E-state index contributed by atoms with van der Waals surface area (Å²) in [5.41, 5.74) is 0. The summed E-state index contributed by atoms with van der Waals surface area (Å²) in [6.07, 6.45) is -4.48. The number of rotatable bonds is 2. The zero-order valence-corrected chi connectivity index (χ0v) is 6.98. The second-order valence-electron chi connectivity index (χ2n) is 2.86. The van der Waals surface area contributed by atoms with Gasteiger partial charge in [0.2, 0.25) is 0 Å². The third-order valence-corrected chi connectivity index (χ3v) is 2.01. The van der Waals surface area contributed by atoms with Gasteiger partial charge in [0.05, 0.1) is 13.2 Å². The molecule has 78 valence electrons. The lowest BCUT2D eigenvalue weighted by atomic mass is 10.2. The Bertz CT molecular complexity index is 155. The average molecular weight is 201 g/mol. The zero-order chi connectivity index (χ0) is 9.90. The molecule has 1 aliphatic rings. The number of halogens is 4. The van der Waals surface area contributed by atoms with E-state index >= 15 is 0 Å². The van der Waals surface area contributed by atoms with Crippen LogP contribution in [0.1, 0.15) is 0 Å². The van der Waals surface area contributed by atoms with Crippen LogP contribution in [-0.4, -0.2) is 50.1 Å². The summed E-state index contributed by atoms with van der Waals surface area (Å²) in [4.78, 5) is 1.07. The highest BCUT2D eigenvalue weighted by Crippen LogP contribution is 2.25. The average Bonchev–Trinajstić information content (AvgIpc) is 2.05. The Hall–Kier alpha value is -0.360. The van der Waals surface area contributed by atoms with Crippen molar-refractivity contribution in [2.24, 2.45) is 0 Å². The van der Waals surface area contributed by atoms with Gasteiger partial charge in [-0.1, -0.05) is 0 Å². The lowest BCUT2D eigenvalue weighted by Gasteiger charge is -2.33. The molecule has 0 radical (unpaired) electrons. The zero-order valence-electron chi connectivity index (χ0n) is 6.98. The van der Waals surface area contributed by atoms with Crippen molar-refractivity contribution in [3.8, 4) is 0 Å². The quantitative estimate of drug-likeness (QED) is 0.623. The standard InChI is InChI=1S/C7H11F4NO/c8-5-6(7(9,10)11)12-1-3-13-4-2-12/h6H,1-5H2. The van der Waals surface area contributed by atoms with Crippen LogP contribution in [-0.2, 0) is 4.74 Å². The van der Waals surface area contributed by atoms with Gasteiger partial charge >= 0.3 is 6.18 Å². The highest BCUT2D eigenvalue weighted by atomic mass is 19.4. The molecule has 1 aliphatic heterocycles. The lowest BCUT2D eigenvalue weighted by Crippen LogP contribution is -2.51. The first kappa shape index (κ1) is 10.7. The van der Waals surface area contributed by atoms with Crippen molar-refractivity contribution in [2.75, 3.05) is 33.0 Å². The SMILES string of the molecule is FCC(N1CCOCC1)C(F)(F)F. The van der Waals surface area contributed by atoms with E-state index in [1.165, 1.54) is 0 Å². The third kappa shape index (κ3) is 2.80. The van der Waals surface area contributed by atoms with E-state index in [0.29, 0.717) is 0 Å². The number of ether oxygens (including phenoxy) is 1. The first-order valence-electron chi connectivity index (χ1n) is 4.00. The Labute approximate surface area is 73.5 Å². The maximum atomic E-state index is 12.2. The Morgan fingerprint density at radius 2 is 1.77 bits per heavy atom. The Balaban J connectivity index is 2.54. The topological polar surface area (TPSA) is 12.5 Å². The van der Waals surface area contributed by atoms with Crippen LogP contribution in [0.3, 0.4) is 0 Å². The first-order valence-corrected chi connectivity index (χ1v) is 4.00. The van der Waals surface area contributed by atoms with E-state index in [0.717, 1.165) is 4.90 Å². The van der Waals surface area contributed by atoms with Crippen LogP contribution < -0.4 is 0 Å². The van der Waals surface area contributed by atoms with Crippen LogP contribution in [0.25, 0.3) is 0 Å². The Morgan fingerprint density at radius 3 is 2.15 bits per heavy atom. The highest BCUT2D eigenvalue weighted by molar-refractivity contribution is 4.79. The smallest absolute Gasteiger partial charge is 0.379 e. The number of morpholine rings is 1. The molecule has 0 aromatic carbocycles. The van der Waals surface area contributed by atoms with Gasteiger partial charge in [0.25, 0.3) is 0 Å². The van der Waals surface area contributed by atoms with Crippen LogP contribution >= 0.6 is 0 Å². The van der Waals surface area contributed by atoms with Crippen LogP contribution in [0.4, 0.5) is 17.6 Å². The molecule has 6 heteroatoms. The van der Waals surface area contributed by atoms with Gasteiger partial charge in [-0.25, -0.2) is 4.39 Å². The molecule has 13 heavy (non-hydrogen) atoms. The number of alkyl halides is 4. The van der Waals surface area contributed by atoms with E-state index in [1.54, 1.807) is 0 Å². The molecule has 1 heterocycles. The fraction of sp³-hybridized carbons (Fsp3) is 1.00. The van der Waals surface area contributed by atoms with Gasteiger partial charge in [-0.05, 0) is 0 Å². The molecular formula is C7H11F4NO. The molecule has 1 atom stereocenters. The normalized spacial score (nSPS) is 23.1. The van der Waals surface area contributed by atoms with E-state index in [2.05, 4.69) is 0 Å². The molecule has 0 N–H and O–H groups in total. The molecule has 1 unspecified atom stereocenters. The molecule has 0 amide bonds. The maximum absolute atomic E-state index is 12.2. The highest BCUT2D eigenvalue weighted by Gasteiger charge is 2.43. The molecule has 0 aromatic heterocycles. The minimum atomic E-state index is -4.48. The Morgan fingerprint density at radius 1 is 1.23 bits per heavy atom. The summed E-state index contributed by atoms with van der Waals surface area (Å²) in [6, 6.07) is -1.96. The summed E-state index contributed by atoms with van der Waals surface area (Å²) in [5, 5.41) is 0. The summed E-state index contributed by atoms with van der Waals surface area (Å²) in [7, 11) is 0. The van der Waals surface area contributed by atoms with E-state index in [4.69, 9.17) is 4.74 Å². The van der Waals surface area contributed by atoms with Gasteiger partial charge in [0, 0.05) is 13.1 Å². The van der Waals surface area contributed by atoms with Gasteiger partial charge in [-0.15, -0.1) is 0 Å². The number of hydrogen-bond donors (Lipinski definition) is 0. The van der Waals surface area contributed by atoms with E-state index in [1.807, 2.05) is 0 Å². The van der Waals surface area contributed by atoms with E-state index < -0.39 is 18.9 Å². The molecule has 1 fully saturated rings. The number of hydrogen-bond acceptors (Lipinski definition) is 2. The molecule has 0 aromatic rings. The van der Waals surface area contributed by atoms with Crippen LogP contribution in [0, 0.1) is 0 Å². The second-order valence-corrected chi connectivity index (χ2v) is 2.86. The third-order valence-electron chi connectivity index (χ3n) is 2.01. The molecule has 1 rings (SSSR count). The second kappa shape index (κ2) is 4.23. The van der Waals surface area contributed by atoms with Crippen molar-refractivity contribution >= 4 is 0 Å². The lowest BCUT2D eigenvalue weighted by molar-refractivity contribution is -0.195. The minimum absolute atomic E-state index is 0.147. The maximum Gasteiger partial charge on any atom is 0.406 e. The molecule has 0 bridgehead atoms. The minimum Gasteiger partial charge on any atom is -0.379 e. The first-order chi connectivity index (χ1) is 6.05. The predicted molar refractivity (Wildman–Crippen MR) is 38.2 cm³/mol. The molecule has 0 spiro atoms. The van der Waals surface area contributed by atoms with Gasteiger partial charge in [0.15, 0.2) is 0 Å². The summed E-state index contributed by atoms with van der Waals surface area (Å²) < 4.78 is 53.6. The van der Waals surface area contributed by atoms with Gasteiger partial charge in [0.1, 0.15) is 12.7 Å². The molecule has 0 aliphatic carbocycles. The summed E-state index contributed by atoms with van der Waals surface area (Å²) in [6.45, 7) is -0.606. The van der Waals surface area contributed by atoms with Crippen molar-refractivity contribution in [2.45, 2.75) is 12.2 Å². The fourth-order valence-electron chi connectivity index (χ4n) is 1.28. The van der Waals surface area contributed by atoms with Crippen molar-refractivity contribution in [3.63, 3.8) is 0 Å². The van der Waals surface area contributed by atoms with Crippen LogP contribution in [0.5, 0.6) is 0 Å². The molecule has 2 nitrogen and oxygen atoms in total. The summed E-state index contributed by atoms with van der Waals surface area (Å²) in [5.74, 6) is 0. The van der Waals surface area contributed by atoms with Crippen molar-refractivity contribution in [3.05, 3.63) is 0 Å².